The van der Waals surface area contributed by atoms with E-state index in [1.165, 1.54) is 28.8 Å². The van der Waals surface area contributed by atoms with Gasteiger partial charge < -0.3 is 19.5 Å². The Labute approximate surface area is 152 Å². The predicted molar refractivity (Wildman–Crippen MR) is 91.8 cm³/mol. The van der Waals surface area contributed by atoms with E-state index in [1.54, 1.807) is 30.3 Å². The van der Waals surface area contributed by atoms with Crippen LogP contribution in [0.25, 0.3) is 0 Å². The minimum Gasteiger partial charge on any atom is -0.480 e. The minimum atomic E-state index is -1.07. The maximum absolute atomic E-state index is 13.2. The van der Waals surface area contributed by atoms with E-state index < -0.39 is 23.3 Å². The van der Waals surface area contributed by atoms with Crippen LogP contribution in [0.15, 0.2) is 42.5 Å². The van der Waals surface area contributed by atoms with Crippen LogP contribution in [0.4, 0.5) is 4.39 Å². The van der Waals surface area contributed by atoms with Crippen LogP contribution in [-0.4, -0.2) is 40.5 Å². The van der Waals surface area contributed by atoms with Crippen molar-refractivity contribution in [1.82, 2.24) is 4.90 Å². The summed E-state index contributed by atoms with van der Waals surface area (Å²) < 4.78 is 23.8. The van der Waals surface area contributed by atoms with Gasteiger partial charge in [-0.1, -0.05) is 12.1 Å². The maximum Gasteiger partial charge on any atom is 0.327 e. The van der Waals surface area contributed by atoms with Crippen molar-refractivity contribution in [3.63, 3.8) is 0 Å². The molecular weight excluding hydrogens is 361 g/mol. The van der Waals surface area contributed by atoms with Crippen LogP contribution in [0.5, 0.6) is 11.5 Å². The highest BCUT2D eigenvalue weighted by molar-refractivity contribution is 7.99. The molecule has 2 atom stereocenters. The van der Waals surface area contributed by atoms with Crippen LogP contribution in [0, 0.1) is 5.82 Å². The lowest BCUT2D eigenvalue weighted by Gasteiger charge is -2.27. The number of rotatable bonds is 3. The highest BCUT2D eigenvalue weighted by Gasteiger charge is 2.42. The summed E-state index contributed by atoms with van der Waals surface area (Å²) in [7, 11) is 0. The normalized spacial score (nSPS) is 21.0. The number of hydrogen-bond donors (Lipinski definition) is 1. The van der Waals surface area contributed by atoms with Gasteiger partial charge in [-0.3, -0.25) is 4.79 Å². The molecule has 4 rings (SSSR count). The van der Waals surface area contributed by atoms with Gasteiger partial charge in [0, 0.05) is 11.3 Å². The zero-order chi connectivity index (χ0) is 18.3. The molecule has 0 bridgehead atoms. The van der Waals surface area contributed by atoms with Gasteiger partial charge >= 0.3 is 5.97 Å². The lowest BCUT2D eigenvalue weighted by molar-refractivity contribution is -0.141. The Hall–Kier alpha value is -2.74. The lowest BCUT2D eigenvalue weighted by atomic mass is 10.1. The average Bonchev–Trinajstić information content (AvgIpc) is 3.28. The quantitative estimate of drug-likeness (QED) is 0.889. The number of carboxylic acids is 1. The van der Waals surface area contributed by atoms with Crippen LogP contribution in [-0.2, 0) is 4.79 Å². The van der Waals surface area contributed by atoms with Gasteiger partial charge in [-0.2, -0.15) is 0 Å². The lowest BCUT2D eigenvalue weighted by Crippen LogP contribution is -2.42. The topological polar surface area (TPSA) is 76.1 Å². The SMILES string of the molecule is O=C(O)C1CSC(c2ccc(F)cc2)N1C(=O)c1ccc2c(c1)OCO2. The molecule has 0 saturated carbocycles. The number of aliphatic carboxylic acids is 1. The molecule has 134 valence electrons. The highest BCUT2D eigenvalue weighted by Crippen LogP contribution is 2.43. The Morgan fingerprint density at radius 1 is 1.12 bits per heavy atom. The van der Waals surface area contributed by atoms with Gasteiger partial charge in [-0.25, -0.2) is 9.18 Å². The molecule has 0 aromatic heterocycles. The number of halogens is 1. The Kier molecular flexibility index (Phi) is 4.20. The molecule has 26 heavy (non-hydrogen) atoms. The molecule has 1 amide bonds. The second-order valence-corrected chi connectivity index (χ2v) is 6.98. The van der Waals surface area contributed by atoms with Gasteiger partial charge in [-0.05, 0) is 35.9 Å². The molecule has 2 aliphatic rings. The van der Waals surface area contributed by atoms with Gasteiger partial charge in [0.25, 0.3) is 5.91 Å². The molecular formula is C18H14FNO5S. The largest absolute Gasteiger partial charge is 0.480 e. The molecule has 2 aromatic rings. The molecule has 1 N–H and O–H groups in total. The number of benzene rings is 2. The first-order chi connectivity index (χ1) is 12.5. The molecule has 1 saturated heterocycles. The van der Waals surface area contributed by atoms with E-state index in [-0.39, 0.29) is 18.4 Å². The van der Waals surface area contributed by atoms with Crippen molar-refractivity contribution in [3.8, 4) is 11.5 Å². The molecule has 2 heterocycles. The number of fused-ring (bicyclic) bond motifs is 1. The molecule has 0 spiro atoms. The first-order valence-corrected chi connectivity index (χ1v) is 8.91. The molecule has 2 aliphatic heterocycles. The van der Waals surface area contributed by atoms with Crippen molar-refractivity contribution in [1.29, 1.82) is 0 Å². The summed E-state index contributed by atoms with van der Waals surface area (Å²) in [6.07, 6.45) is 0. The number of carbonyl (C=O) groups excluding carboxylic acids is 1. The summed E-state index contributed by atoms with van der Waals surface area (Å²) in [6.45, 7) is 0.0858. The fraction of sp³-hybridized carbons (Fsp3) is 0.222. The fourth-order valence-electron chi connectivity index (χ4n) is 3.01. The third-order valence-corrected chi connectivity index (χ3v) is 5.62. The van der Waals surface area contributed by atoms with E-state index in [9.17, 15) is 19.1 Å². The van der Waals surface area contributed by atoms with E-state index in [0.29, 0.717) is 22.6 Å². The number of carboxylic acid groups (broad SMARTS) is 1. The third-order valence-electron chi connectivity index (χ3n) is 4.29. The zero-order valence-electron chi connectivity index (χ0n) is 13.4. The van der Waals surface area contributed by atoms with Crippen molar-refractivity contribution in [3.05, 3.63) is 59.4 Å². The molecule has 2 aromatic carbocycles. The number of amides is 1. The van der Waals surface area contributed by atoms with E-state index in [0.717, 1.165) is 0 Å². The predicted octanol–water partition coefficient (Wildman–Crippen LogP) is 2.90. The van der Waals surface area contributed by atoms with E-state index >= 15 is 0 Å². The molecule has 2 unspecified atom stereocenters. The average molecular weight is 375 g/mol. The number of hydrogen-bond acceptors (Lipinski definition) is 5. The van der Waals surface area contributed by atoms with Crippen LogP contribution < -0.4 is 9.47 Å². The van der Waals surface area contributed by atoms with E-state index in [2.05, 4.69) is 0 Å². The smallest absolute Gasteiger partial charge is 0.327 e. The van der Waals surface area contributed by atoms with Crippen LogP contribution in [0.2, 0.25) is 0 Å². The molecule has 1 fully saturated rings. The van der Waals surface area contributed by atoms with E-state index in [1.807, 2.05) is 0 Å². The molecule has 0 radical (unpaired) electrons. The van der Waals surface area contributed by atoms with Crippen LogP contribution in [0.1, 0.15) is 21.3 Å². The molecule has 6 nitrogen and oxygen atoms in total. The summed E-state index contributed by atoms with van der Waals surface area (Å²) in [5.74, 6) is -0.630. The van der Waals surface area contributed by atoms with Gasteiger partial charge in [0.15, 0.2) is 11.5 Å². The highest BCUT2D eigenvalue weighted by atomic mass is 32.2. The van der Waals surface area contributed by atoms with Gasteiger partial charge in [0.1, 0.15) is 17.2 Å². The first kappa shape index (κ1) is 16.7. The second kappa shape index (κ2) is 6.53. The zero-order valence-corrected chi connectivity index (χ0v) is 14.2. The summed E-state index contributed by atoms with van der Waals surface area (Å²) >= 11 is 1.34. The van der Waals surface area contributed by atoms with Crippen molar-refractivity contribution in [2.75, 3.05) is 12.5 Å². The van der Waals surface area contributed by atoms with Crippen molar-refractivity contribution < 1.29 is 28.6 Å². The molecule has 8 heteroatoms. The van der Waals surface area contributed by atoms with Gasteiger partial charge in [0.2, 0.25) is 6.79 Å². The minimum absolute atomic E-state index is 0.0858. The first-order valence-electron chi connectivity index (χ1n) is 7.87. The van der Waals surface area contributed by atoms with Gasteiger partial charge in [0.05, 0.1) is 0 Å². The number of thioether (sulfide) groups is 1. The summed E-state index contributed by atoms with van der Waals surface area (Å²) in [4.78, 5) is 26.1. The van der Waals surface area contributed by atoms with Crippen molar-refractivity contribution >= 4 is 23.6 Å². The summed E-state index contributed by atoms with van der Waals surface area (Å²) in [5, 5.41) is 9.03. The second-order valence-electron chi connectivity index (χ2n) is 5.87. The maximum atomic E-state index is 13.2. The summed E-state index contributed by atoms with van der Waals surface area (Å²) in [6, 6.07) is 9.53. The number of carbonyl (C=O) groups is 2. The van der Waals surface area contributed by atoms with Crippen LogP contribution in [0.3, 0.4) is 0 Å². The Balaban J connectivity index is 1.70. The van der Waals surface area contributed by atoms with Crippen molar-refractivity contribution in [2.24, 2.45) is 0 Å². The van der Waals surface area contributed by atoms with Gasteiger partial charge in [-0.15, -0.1) is 11.8 Å². The Morgan fingerprint density at radius 3 is 2.58 bits per heavy atom. The fourth-order valence-corrected chi connectivity index (χ4v) is 4.43. The molecule has 0 aliphatic carbocycles. The number of ether oxygens (including phenoxy) is 2. The van der Waals surface area contributed by atoms with Crippen molar-refractivity contribution in [2.45, 2.75) is 11.4 Å². The standard InChI is InChI=1S/C18H14FNO5S/c19-12-4-1-10(2-5-12)17-20(13(8-26-17)18(22)23)16(21)11-3-6-14-15(7-11)25-9-24-14/h1-7,13,17H,8-9H2,(H,22,23). The monoisotopic (exact) mass is 375 g/mol. The van der Waals surface area contributed by atoms with E-state index in [4.69, 9.17) is 9.47 Å². The number of nitrogens with zero attached hydrogens (tertiary/aromatic N) is 1. The Bertz CT molecular complexity index is 872. The Morgan fingerprint density at radius 2 is 1.85 bits per heavy atom. The van der Waals surface area contributed by atoms with Crippen LogP contribution >= 0.6 is 11.8 Å². The summed E-state index contributed by atoms with van der Waals surface area (Å²) in [5.41, 5.74) is 0.990. The third kappa shape index (κ3) is 2.86.